The van der Waals surface area contributed by atoms with Crippen LogP contribution in [0.3, 0.4) is 0 Å². The number of fused-ring (bicyclic) bond motifs is 3. The monoisotopic (exact) mass is 635 g/mol. The third kappa shape index (κ3) is 6.35. The molecule has 46 heavy (non-hydrogen) atoms. The highest BCUT2D eigenvalue weighted by molar-refractivity contribution is 5.86. The molecule has 2 aromatic carbocycles. The van der Waals surface area contributed by atoms with E-state index in [0.717, 1.165) is 54.6 Å². The molecule has 0 amide bonds. The zero-order valence-electron chi connectivity index (χ0n) is 27.2. The van der Waals surface area contributed by atoms with Crippen LogP contribution in [0.15, 0.2) is 48.2 Å². The highest BCUT2D eigenvalue weighted by Crippen LogP contribution is 2.55. The first kappa shape index (κ1) is 32.3. The number of benzene rings is 2. The van der Waals surface area contributed by atoms with E-state index in [2.05, 4.69) is 11.0 Å². The molecule has 3 heterocycles. The minimum absolute atomic E-state index is 0.0157. The lowest BCUT2D eigenvalue weighted by Crippen LogP contribution is -2.49. The van der Waals surface area contributed by atoms with Crippen LogP contribution in [-0.4, -0.2) is 76.9 Å². The van der Waals surface area contributed by atoms with E-state index in [0.29, 0.717) is 23.7 Å². The van der Waals surface area contributed by atoms with Crippen LogP contribution in [0.25, 0.3) is 0 Å². The van der Waals surface area contributed by atoms with Gasteiger partial charge in [0.2, 0.25) is 6.79 Å². The largest absolute Gasteiger partial charge is 0.497 e. The maximum Gasteiger partial charge on any atom is 0.339 e. The normalized spacial score (nSPS) is 24.6. The lowest BCUT2D eigenvalue weighted by Gasteiger charge is -2.39. The predicted octanol–water partition coefficient (Wildman–Crippen LogP) is 4.46. The molecular formula is C36H45NO9. The molecule has 10 nitrogen and oxygen atoms in total. The standard InChI is InChI=1S/C36H45NO9/c1-23-8-5-9-24(16-23)21-43-30(38)20-36(41,13-6-11-34(2,3)40)33(39)46-32-29(42-4)19-35-12-7-14-37(35)15-10-25-17-27-28(45-22-44-27)18-26(25)31(32)35/h5,8-9,16-19,31-32,40-41H,6-7,10-15,20-22H2,1-4H3/t31-,32?,35+,36?/m1/s1. The summed E-state index contributed by atoms with van der Waals surface area (Å²) in [7, 11) is 1.56. The van der Waals surface area contributed by atoms with Gasteiger partial charge in [-0.3, -0.25) is 9.69 Å². The molecule has 3 aliphatic heterocycles. The topological polar surface area (TPSA) is 124 Å². The minimum Gasteiger partial charge on any atom is -0.497 e. The van der Waals surface area contributed by atoms with Crippen LogP contribution in [-0.2, 0) is 36.8 Å². The summed E-state index contributed by atoms with van der Waals surface area (Å²) in [5.74, 6) is -0.102. The van der Waals surface area contributed by atoms with Gasteiger partial charge >= 0.3 is 11.9 Å². The molecule has 10 heteroatoms. The van der Waals surface area contributed by atoms with Gasteiger partial charge in [-0.1, -0.05) is 29.8 Å². The highest BCUT2D eigenvalue weighted by Gasteiger charge is 2.59. The van der Waals surface area contributed by atoms with Crippen LogP contribution in [0, 0.1) is 6.92 Å². The van der Waals surface area contributed by atoms with Crippen LogP contribution in [0.2, 0.25) is 0 Å². The van der Waals surface area contributed by atoms with Crippen molar-refractivity contribution >= 4 is 11.9 Å². The molecule has 6 rings (SSSR count). The number of ether oxygens (including phenoxy) is 5. The second-order valence-electron chi connectivity index (χ2n) is 13.8. The van der Waals surface area contributed by atoms with Gasteiger partial charge < -0.3 is 33.9 Å². The summed E-state index contributed by atoms with van der Waals surface area (Å²) in [5.41, 5.74) is 0.293. The lowest BCUT2D eigenvalue weighted by atomic mass is 9.77. The second-order valence-corrected chi connectivity index (χ2v) is 13.8. The fourth-order valence-corrected chi connectivity index (χ4v) is 7.65. The molecule has 4 aliphatic rings. The number of aryl methyl sites for hydroxylation is 1. The van der Waals surface area contributed by atoms with E-state index in [4.69, 9.17) is 23.7 Å². The number of rotatable bonds is 11. The molecule has 2 N–H and O–H groups in total. The van der Waals surface area contributed by atoms with Gasteiger partial charge in [-0.25, -0.2) is 4.79 Å². The van der Waals surface area contributed by atoms with Gasteiger partial charge in [-0.15, -0.1) is 0 Å². The van der Waals surface area contributed by atoms with Crippen molar-refractivity contribution in [2.75, 3.05) is 27.0 Å². The lowest BCUT2D eigenvalue weighted by molar-refractivity contribution is -0.179. The van der Waals surface area contributed by atoms with Crippen molar-refractivity contribution < 1.29 is 43.5 Å². The van der Waals surface area contributed by atoms with Crippen molar-refractivity contribution in [3.05, 3.63) is 70.5 Å². The molecule has 1 aliphatic carbocycles. The number of esters is 2. The minimum atomic E-state index is -2.18. The van der Waals surface area contributed by atoms with Crippen LogP contribution in [0.1, 0.15) is 80.5 Å². The Balaban J connectivity index is 1.29. The summed E-state index contributed by atoms with van der Waals surface area (Å²) in [6.45, 7) is 7.17. The van der Waals surface area contributed by atoms with Crippen LogP contribution < -0.4 is 9.47 Å². The van der Waals surface area contributed by atoms with Crippen molar-refractivity contribution in [3.8, 4) is 11.5 Å². The summed E-state index contributed by atoms with van der Waals surface area (Å²) in [5, 5.41) is 22.2. The number of aliphatic hydroxyl groups is 2. The molecule has 4 atom stereocenters. The first-order valence-corrected chi connectivity index (χ1v) is 16.2. The van der Waals surface area contributed by atoms with Gasteiger partial charge in [0.15, 0.2) is 23.2 Å². The molecule has 0 aromatic heterocycles. The summed E-state index contributed by atoms with van der Waals surface area (Å²) in [6, 6.07) is 11.6. The number of nitrogens with zero attached hydrogens (tertiary/aromatic N) is 1. The Morgan fingerprint density at radius 3 is 2.61 bits per heavy atom. The van der Waals surface area contributed by atoms with Gasteiger partial charge in [0, 0.05) is 6.54 Å². The van der Waals surface area contributed by atoms with Crippen molar-refractivity contribution in [1.29, 1.82) is 0 Å². The Bertz CT molecular complexity index is 1510. The molecule has 1 fully saturated rings. The molecule has 2 unspecified atom stereocenters. The SMILES string of the molecule is COC1=C[C@]23CCCN2CCc2cc4c(cc2[C@@H]3C1OC(=O)C(O)(CCCC(C)(C)O)CC(=O)OCc1cccc(C)c1)OCO4. The van der Waals surface area contributed by atoms with Crippen LogP contribution >= 0.6 is 0 Å². The number of carbonyl (C=O) groups excluding carboxylic acids is 2. The molecule has 2 aromatic rings. The number of hydrogen-bond donors (Lipinski definition) is 2. The summed E-state index contributed by atoms with van der Waals surface area (Å²) in [4.78, 5) is 29.7. The average molecular weight is 636 g/mol. The van der Waals surface area contributed by atoms with Crippen molar-refractivity contribution in [2.45, 2.75) is 101 Å². The molecule has 1 spiro atoms. The van der Waals surface area contributed by atoms with E-state index >= 15 is 0 Å². The molecule has 248 valence electrons. The Hall–Kier alpha value is -3.60. The van der Waals surface area contributed by atoms with Crippen molar-refractivity contribution in [3.63, 3.8) is 0 Å². The Morgan fingerprint density at radius 2 is 1.87 bits per heavy atom. The smallest absolute Gasteiger partial charge is 0.339 e. The highest BCUT2D eigenvalue weighted by atomic mass is 16.7. The number of carbonyl (C=O) groups is 2. The molecule has 0 radical (unpaired) electrons. The first-order valence-electron chi connectivity index (χ1n) is 16.2. The van der Waals surface area contributed by atoms with Gasteiger partial charge in [0.25, 0.3) is 0 Å². The van der Waals surface area contributed by atoms with Crippen molar-refractivity contribution in [2.24, 2.45) is 0 Å². The van der Waals surface area contributed by atoms with Crippen LogP contribution in [0.4, 0.5) is 0 Å². The maximum absolute atomic E-state index is 14.2. The second kappa shape index (κ2) is 12.5. The Labute approximate surface area is 270 Å². The van der Waals surface area contributed by atoms with E-state index in [1.165, 1.54) is 0 Å². The zero-order chi connectivity index (χ0) is 32.7. The van der Waals surface area contributed by atoms with Gasteiger partial charge in [0.1, 0.15) is 12.4 Å². The molecule has 0 bridgehead atoms. The third-order valence-corrected chi connectivity index (χ3v) is 9.88. The van der Waals surface area contributed by atoms with Gasteiger partial charge in [0.05, 0.1) is 30.6 Å². The van der Waals surface area contributed by atoms with E-state index < -0.39 is 41.2 Å². The fraction of sp³-hybridized carbons (Fsp3) is 0.556. The number of hydrogen-bond acceptors (Lipinski definition) is 10. The molecule has 1 saturated heterocycles. The van der Waals surface area contributed by atoms with E-state index in [1.807, 2.05) is 43.3 Å². The van der Waals surface area contributed by atoms with Crippen molar-refractivity contribution in [1.82, 2.24) is 4.90 Å². The quantitative estimate of drug-likeness (QED) is 0.342. The third-order valence-electron chi connectivity index (χ3n) is 9.88. The van der Waals surface area contributed by atoms with Crippen LogP contribution in [0.5, 0.6) is 11.5 Å². The zero-order valence-corrected chi connectivity index (χ0v) is 27.2. The number of methoxy groups -OCH3 is 1. The van der Waals surface area contributed by atoms with E-state index in [1.54, 1.807) is 21.0 Å². The summed E-state index contributed by atoms with van der Waals surface area (Å²) >= 11 is 0. The van der Waals surface area contributed by atoms with E-state index in [9.17, 15) is 19.8 Å². The fourth-order valence-electron chi connectivity index (χ4n) is 7.65. The molecule has 0 saturated carbocycles. The Morgan fingerprint density at radius 1 is 1.09 bits per heavy atom. The predicted molar refractivity (Wildman–Crippen MR) is 168 cm³/mol. The first-order chi connectivity index (χ1) is 21.9. The average Bonchev–Trinajstić information content (AvgIpc) is 3.69. The Kier molecular flexibility index (Phi) is 8.82. The summed E-state index contributed by atoms with van der Waals surface area (Å²) < 4.78 is 29.1. The van der Waals surface area contributed by atoms with E-state index in [-0.39, 0.29) is 32.2 Å². The summed E-state index contributed by atoms with van der Waals surface area (Å²) in [6.07, 6.45) is 3.80. The van der Waals surface area contributed by atoms with Gasteiger partial charge in [-0.2, -0.15) is 0 Å². The maximum atomic E-state index is 14.2. The van der Waals surface area contributed by atoms with Gasteiger partial charge in [-0.05, 0) is 101 Å². The molecular weight excluding hydrogens is 590 g/mol.